The highest BCUT2D eigenvalue weighted by Crippen LogP contribution is 2.43. The van der Waals surface area contributed by atoms with E-state index in [-0.39, 0.29) is 31.5 Å². The van der Waals surface area contributed by atoms with Gasteiger partial charge in [0.05, 0.1) is 0 Å². The first-order valence-electron chi connectivity index (χ1n) is 7.78. The van der Waals surface area contributed by atoms with Crippen LogP contribution in [0.3, 0.4) is 0 Å². The van der Waals surface area contributed by atoms with Crippen molar-refractivity contribution in [1.82, 2.24) is 4.90 Å². The first kappa shape index (κ1) is 16.2. The molecule has 1 aliphatic carbocycles. The van der Waals surface area contributed by atoms with Crippen LogP contribution < -0.4 is 0 Å². The quantitative estimate of drug-likeness (QED) is 0.784. The van der Waals surface area contributed by atoms with Gasteiger partial charge in [0, 0.05) is 18.5 Å². The summed E-state index contributed by atoms with van der Waals surface area (Å²) >= 11 is 0. The molecule has 1 aliphatic heterocycles. The van der Waals surface area contributed by atoms with E-state index in [4.69, 9.17) is 4.74 Å². The summed E-state index contributed by atoms with van der Waals surface area (Å²) in [6.07, 6.45) is 1.59. The fraction of sp³-hybridized carbons (Fsp3) is 0.875. The maximum absolute atomic E-state index is 14.1. The molecule has 4 nitrogen and oxygen atoms in total. The number of halogens is 1. The molecule has 1 amide bonds. The van der Waals surface area contributed by atoms with E-state index in [0.29, 0.717) is 13.1 Å². The van der Waals surface area contributed by atoms with Crippen molar-refractivity contribution in [2.24, 2.45) is 5.41 Å². The van der Waals surface area contributed by atoms with Gasteiger partial charge in [0.15, 0.2) is 11.4 Å². The number of ketones is 1. The molecule has 0 radical (unpaired) electrons. The summed E-state index contributed by atoms with van der Waals surface area (Å²) in [6, 6.07) is 0. The Morgan fingerprint density at radius 3 is 2.00 bits per heavy atom. The molecule has 1 heterocycles. The lowest BCUT2D eigenvalue weighted by atomic mass is 9.69. The highest BCUT2D eigenvalue weighted by atomic mass is 19.1. The molecule has 0 unspecified atom stereocenters. The van der Waals surface area contributed by atoms with Crippen molar-refractivity contribution in [2.75, 3.05) is 13.1 Å². The SMILES string of the molecule is CC1(F)CCC(OC(=O)N2CCC2)(C(=O)C(C)(C)C)CC1. The maximum atomic E-state index is 14.1. The zero-order valence-electron chi connectivity index (χ0n) is 13.5. The molecule has 0 aromatic rings. The minimum Gasteiger partial charge on any atom is -0.435 e. The third-order valence-corrected chi connectivity index (χ3v) is 4.59. The van der Waals surface area contributed by atoms with Gasteiger partial charge in [0.1, 0.15) is 5.67 Å². The second kappa shape index (κ2) is 5.25. The Morgan fingerprint density at radius 1 is 1.10 bits per heavy atom. The van der Waals surface area contributed by atoms with Gasteiger partial charge in [-0.1, -0.05) is 20.8 Å². The minimum absolute atomic E-state index is 0.0978. The summed E-state index contributed by atoms with van der Waals surface area (Å²) in [5, 5.41) is 0. The molecule has 5 heteroatoms. The molecule has 2 fully saturated rings. The van der Waals surface area contributed by atoms with Crippen molar-refractivity contribution < 1.29 is 18.7 Å². The van der Waals surface area contributed by atoms with Crippen LogP contribution in [0.5, 0.6) is 0 Å². The van der Waals surface area contributed by atoms with Crippen molar-refractivity contribution in [2.45, 2.75) is 71.1 Å². The number of carbonyl (C=O) groups excluding carboxylic acids is 2. The first-order chi connectivity index (χ1) is 9.56. The predicted molar refractivity (Wildman–Crippen MR) is 77.8 cm³/mol. The van der Waals surface area contributed by atoms with E-state index in [1.807, 2.05) is 20.8 Å². The molecule has 0 spiro atoms. The van der Waals surface area contributed by atoms with E-state index in [2.05, 4.69) is 0 Å². The average Bonchev–Trinajstić information content (AvgIpc) is 2.28. The standard InChI is InChI=1S/C16H26FNO3/c1-14(2,3)12(19)16(8-6-15(4,17)7-9-16)21-13(20)18-10-5-11-18/h5-11H2,1-4H3. The fourth-order valence-corrected chi connectivity index (χ4v) is 2.96. The monoisotopic (exact) mass is 299 g/mol. The Kier molecular flexibility index (Phi) is 4.06. The number of hydrogen-bond donors (Lipinski definition) is 0. The van der Waals surface area contributed by atoms with Crippen LogP contribution >= 0.6 is 0 Å². The van der Waals surface area contributed by atoms with Crippen LogP contribution in [0.25, 0.3) is 0 Å². The molecule has 0 aromatic heterocycles. The summed E-state index contributed by atoms with van der Waals surface area (Å²) in [6.45, 7) is 8.36. The predicted octanol–water partition coefficient (Wildman–Crippen LogP) is 3.48. The lowest BCUT2D eigenvalue weighted by Crippen LogP contribution is -2.55. The lowest BCUT2D eigenvalue weighted by molar-refractivity contribution is -0.154. The van der Waals surface area contributed by atoms with Crippen molar-refractivity contribution in [3.05, 3.63) is 0 Å². The van der Waals surface area contributed by atoms with Crippen LogP contribution in [-0.2, 0) is 9.53 Å². The van der Waals surface area contributed by atoms with Crippen LogP contribution in [0.1, 0.15) is 59.8 Å². The summed E-state index contributed by atoms with van der Waals surface area (Å²) in [4.78, 5) is 26.5. The molecular weight excluding hydrogens is 273 g/mol. The summed E-state index contributed by atoms with van der Waals surface area (Å²) in [5.41, 5.74) is -3.04. The van der Waals surface area contributed by atoms with Gasteiger partial charge >= 0.3 is 6.09 Å². The van der Waals surface area contributed by atoms with Gasteiger partial charge in [-0.15, -0.1) is 0 Å². The second-order valence-electron chi connectivity index (χ2n) is 7.70. The molecule has 0 atom stereocenters. The number of likely N-dealkylation sites (tertiary alicyclic amines) is 1. The van der Waals surface area contributed by atoms with Crippen molar-refractivity contribution >= 4 is 11.9 Å². The molecule has 1 saturated heterocycles. The van der Waals surface area contributed by atoms with E-state index in [0.717, 1.165) is 6.42 Å². The third kappa shape index (κ3) is 3.38. The van der Waals surface area contributed by atoms with Gasteiger partial charge in [-0.05, 0) is 39.0 Å². The molecule has 1 saturated carbocycles. The molecule has 21 heavy (non-hydrogen) atoms. The normalized spacial score (nSPS) is 33.3. The van der Waals surface area contributed by atoms with E-state index < -0.39 is 22.8 Å². The molecule has 0 N–H and O–H groups in total. The van der Waals surface area contributed by atoms with Gasteiger partial charge in [0.25, 0.3) is 0 Å². The number of nitrogens with zero attached hydrogens (tertiary/aromatic N) is 1. The molecule has 2 aliphatic rings. The van der Waals surface area contributed by atoms with Gasteiger partial charge in [0.2, 0.25) is 0 Å². The molecule has 120 valence electrons. The summed E-state index contributed by atoms with van der Waals surface area (Å²) in [7, 11) is 0. The highest BCUT2D eigenvalue weighted by molar-refractivity contribution is 5.93. The number of hydrogen-bond acceptors (Lipinski definition) is 3. The number of carbonyl (C=O) groups is 2. The number of amides is 1. The van der Waals surface area contributed by atoms with Crippen LogP contribution in [0.15, 0.2) is 0 Å². The number of Topliss-reactive ketones (excluding diaryl/α,β-unsaturated/α-hetero) is 1. The molecule has 2 rings (SSSR count). The van der Waals surface area contributed by atoms with Crippen molar-refractivity contribution in [3.8, 4) is 0 Å². The van der Waals surface area contributed by atoms with Gasteiger partial charge in [-0.25, -0.2) is 9.18 Å². The minimum atomic E-state index is -1.27. The van der Waals surface area contributed by atoms with Crippen LogP contribution in [-0.4, -0.2) is 41.1 Å². The third-order valence-electron chi connectivity index (χ3n) is 4.59. The van der Waals surface area contributed by atoms with Crippen LogP contribution in [0, 0.1) is 5.41 Å². The number of rotatable bonds is 2. The summed E-state index contributed by atoms with van der Waals surface area (Å²) in [5.74, 6) is -0.0978. The van der Waals surface area contributed by atoms with E-state index in [1.54, 1.807) is 11.8 Å². The number of ether oxygens (including phenoxy) is 1. The lowest BCUT2D eigenvalue weighted by Gasteiger charge is -2.44. The van der Waals surface area contributed by atoms with Crippen molar-refractivity contribution in [1.29, 1.82) is 0 Å². The highest BCUT2D eigenvalue weighted by Gasteiger charge is 2.52. The molecule has 0 bridgehead atoms. The Morgan fingerprint density at radius 2 is 1.62 bits per heavy atom. The maximum Gasteiger partial charge on any atom is 0.410 e. The topological polar surface area (TPSA) is 46.6 Å². The van der Waals surface area contributed by atoms with Crippen molar-refractivity contribution in [3.63, 3.8) is 0 Å². The first-order valence-corrected chi connectivity index (χ1v) is 7.78. The van der Waals surface area contributed by atoms with Crippen LogP contribution in [0.2, 0.25) is 0 Å². The van der Waals surface area contributed by atoms with Gasteiger partial charge < -0.3 is 9.64 Å². The Hall–Kier alpha value is -1.13. The zero-order valence-corrected chi connectivity index (χ0v) is 13.5. The van der Waals surface area contributed by atoms with Gasteiger partial charge in [-0.2, -0.15) is 0 Å². The fourth-order valence-electron chi connectivity index (χ4n) is 2.96. The Labute approximate surface area is 126 Å². The largest absolute Gasteiger partial charge is 0.435 e. The van der Waals surface area contributed by atoms with Crippen LogP contribution in [0.4, 0.5) is 9.18 Å². The molecule has 0 aromatic carbocycles. The van der Waals surface area contributed by atoms with Gasteiger partial charge in [-0.3, -0.25) is 4.79 Å². The summed E-state index contributed by atoms with van der Waals surface area (Å²) < 4.78 is 19.7. The molecular formula is C16H26FNO3. The number of alkyl halides is 1. The van der Waals surface area contributed by atoms with E-state index in [9.17, 15) is 14.0 Å². The Balaban J connectivity index is 2.18. The second-order valence-corrected chi connectivity index (χ2v) is 7.70. The average molecular weight is 299 g/mol. The van der Waals surface area contributed by atoms with E-state index >= 15 is 0 Å². The Bertz CT molecular complexity index is 425. The zero-order chi connectivity index (χ0) is 15.9. The van der Waals surface area contributed by atoms with E-state index in [1.165, 1.54) is 0 Å². The smallest absolute Gasteiger partial charge is 0.410 e.